The molecule has 0 radical (unpaired) electrons. The van der Waals surface area contributed by atoms with Crippen LogP contribution in [0.4, 0.5) is 23.1 Å². The Kier molecular flexibility index (Phi) is 5.86. The number of aromatic nitrogens is 1. The van der Waals surface area contributed by atoms with Crippen LogP contribution in [0, 0.1) is 0 Å². The zero-order valence-corrected chi connectivity index (χ0v) is 19.4. The number of hydrogen-bond donors (Lipinski definition) is 2. The predicted octanol–water partition coefficient (Wildman–Crippen LogP) is 5.89. The Balaban J connectivity index is 1.26. The Labute approximate surface area is 202 Å². The number of ether oxygens (including phenoxy) is 1. The number of hydrogen-bond acceptors (Lipinski definition) is 5. The number of urea groups is 1. The molecule has 5 rings (SSSR count). The smallest absolute Gasteiger partial charge is 0.416 e. The van der Waals surface area contributed by atoms with Gasteiger partial charge >= 0.3 is 12.2 Å². The Morgan fingerprint density at radius 1 is 1.29 bits per heavy atom. The molecule has 11 heteroatoms. The van der Waals surface area contributed by atoms with Gasteiger partial charge in [0.15, 0.2) is 5.13 Å². The van der Waals surface area contributed by atoms with Crippen LogP contribution in [-0.2, 0) is 6.18 Å². The number of alkyl halides is 3. The van der Waals surface area contributed by atoms with Crippen molar-refractivity contribution in [2.45, 2.75) is 37.0 Å². The molecule has 1 unspecified atom stereocenters. The number of aliphatic hydroxyl groups is 1. The summed E-state index contributed by atoms with van der Waals surface area (Å²) < 4.78 is 45.6. The number of aliphatic hydroxyl groups excluding tert-OH is 1. The second kappa shape index (κ2) is 8.58. The maximum Gasteiger partial charge on any atom is 0.416 e. The van der Waals surface area contributed by atoms with E-state index in [0.717, 1.165) is 29.0 Å². The lowest BCUT2D eigenvalue weighted by Crippen LogP contribution is -2.52. The van der Waals surface area contributed by atoms with E-state index in [1.807, 2.05) is 12.1 Å². The van der Waals surface area contributed by atoms with Crippen molar-refractivity contribution >= 4 is 44.3 Å². The molecule has 1 saturated heterocycles. The van der Waals surface area contributed by atoms with Gasteiger partial charge < -0.3 is 14.7 Å². The second-order valence-corrected chi connectivity index (χ2v) is 10.1. The van der Waals surface area contributed by atoms with E-state index in [4.69, 9.17) is 16.3 Å². The molecule has 2 aromatic carbocycles. The lowest BCUT2D eigenvalue weighted by atomic mass is 9.77. The predicted molar refractivity (Wildman–Crippen MR) is 124 cm³/mol. The van der Waals surface area contributed by atoms with Crippen molar-refractivity contribution in [3.8, 4) is 5.75 Å². The van der Waals surface area contributed by atoms with Crippen LogP contribution in [0.25, 0.3) is 10.2 Å². The Morgan fingerprint density at radius 3 is 2.76 bits per heavy atom. The fourth-order valence-corrected chi connectivity index (χ4v) is 5.80. The van der Waals surface area contributed by atoms with Crippen LogP contribution in [-0.4, -0.2) is 46.3 Å². The van der Waals surface area contributed by atoms with Crippen LogP contribution in [0.3, 0.4) is 0 Å². The zero-order chi connectivity index (χ0) is 24.1. The largest absolute Gasteiger partial charge is 0.485 e. The number of nitrogens with one attached hydrogen (secondary N) is 1. The van der Waals surface area contributed by atoms with Crippen molar-refractivity contribution in [3.05, 3.63) is 52.5 Å². The summed E-state index contributed by atoms with van der Waals surface area (Å²) in [5.74, 6) is 0.507. The molecule has 1 fully saturated rings. The highest BCUT2D eigenvalue weighted by Gasteiger charge is 2.44. The van der Waals surface area contributed by atoms with Gasteiger partial charge in [0.2, 0.25) is 0 Å². The number of rotatable bonds is 2. The summed E-state index contributed by atoms with van der Waals surface area (Å²) >= 11 is 7.36. The van der Waals surface area contributed by atoms with E-state index in [9.17, 15) is 23.1 Å². The quantitative estimate of drug-likeness (QED) is 0.449. The van der Waals surface area contributed by atoms with Crippen LogP contribution < -0.4 is 10.1 Å². The Hall–Kier alpha value is -2.56. The number of likely N-dealkylation sites (tertiary alicyclic amines) is 1. The van der Waals surface area contributed by atoms with Crippen molar-refractivity contribution in [1.82, 2.24) is 9.88 Å². The first-order valence-electron chi connectivity index (χ1n) is 10.8. The van der Waals surface area contributed by atoms with Gasteiger partial charge in [0.25, 0.3) is 0 Å². The number of thiazole rings is 1. The molecule has 1 atom stereocenters. The number of carbonyl (C=O) groups is 1. The van der Waals surface area contributed by atoms with E-state index >= 15 is 0 Å². The monoisotopic (exact) mass is 511 g/mol. The van der Waals surface area contributed by atoms with Crippen molar-refractivity contribution in [1.29, 1.82) is 0 Å². The van der Waals surface area contributed by atoms with E-state index < -0.39 is 17.3 Å². The number of carbonyl (C=O) groups excluding carboxylic acids is 1. The maximum atomic E-state index is 13.0. The third-order valence-electron chi connectivity index (χ3n) is 6.49. The molecule has 2 aliphatic heterocycles. The molecule has 2 amide bonds. The highest BCUT2D eigenvalue weighted by Crippen LogP contribution is 2.48. The van der Waals surface area contributed by atoms with Crippen LogP contribution >= 0.6 is 22.9 Å². The lowest BCUT2D eigenvalue weighted by Gasteiger charge is -2.46. The van der Waals surface area contributed by atoms with Crippen molar-refractivity contribution < 1.29 is 27.8 Å². The maximum absolute atomic E-state index is 13.0. The van der Waals surface area contributed by atoms with E-state index in [0.29, 0.717) is 53.3 Å². The number of amides is 2. The second-order valence-electron chi connectivity index (χ2n) is 8.64. The summed E-state index contributed by atoms with van der Waals surface area (Å²) in [4.78, 5) is 18.7. The van der Waals surface area contributed by atoms with Gasteiger partial charge in [-0.15, -0.1) is 0 Å². The van der Waals surface area contributed by atoms with Crippen LogP contribution in [0.2, 0.25) is 5.02 Å². The number of anilines is 1. The van der Waals surface area contributed by atoms with Crippen LogP contribution in [0.1, 0.15) is 36.3 Å². The number of piperidine rings is 1. The molecule has 1 spiro atoms. The average Bonchev–Trinajstić information content (AvgIpc) is 3.20. The summed E-state index contributed by atoms with van der Waals surface area (Å²) in [6.45, 7) is 0.829. The minimum atomic E-state index is -4.44. The van der Waals surface area contributed by atoms with Gasteiger partial charge in [0, 0.05) is 37.4 Å². The molecule has 0 saturated carbocycles. The fraction of sp³-hybridized carbons (Fsp3) is 0.391. The van der Waals surface area contributed by atoms with E-state index in [1.54, 1.807) is 11.0 Å². The van der Waals surface area contributed by atoms with E-state index in [-0.39, 0.29) is 23.7 Å². The van der Waals surface area contributed by atoms with Crippen molar-refractivity contribution in [3.63, 3.8) is 0 Å². The topological polar surface area (TPSA) is 74.7 Å². The standard InChI is InChI=1S/C23H21ClF3N3O3S/c24-16-3-1-2-15-13(12-31)11-22(33-19(15)16)6-8-30(9-7-22)21(32)29-20-28-17-5-4-14(23(25,26)27)10-18(17)34-20/h1-5,10,13,31H,6-9,11-12H2,(H,28,29,32). The molecule has 2 aliphatic rings. The summed E-state index contributed by atoms with van der Waals surface area (Å²) in [6.07, 6.45) is -2.68. The summed E-state index contributed by atoms with van der Waals surface area (Å²) in [6, 6.07) is 8.46. The number of para-hydroxylation sites is 1. The SMILES string of the molecule is O=C(Nc1nc2ccc(C(F)(F)F)cc2s1)N1CCC2(CC1)CC(CO)c1cccc(Cl)c1O2. The minimum absolute atomic E-state index is 0.0175. The molecule has 6 nitrogen and oxygen atoms in total. The van der Waals surface area contributed by atoms with Crippen molar-refractivity contribution in [2.24, 2.45) is 0 Å². The molecule has 3 aromatic rings. The van der Waals surface area contributed by atoms with E-state index in [2.05, 4.69) is 10.3 Å². The molecule has 34 heavy (non-hydrogen) atoms. The average molecular weight is 512 g/mol. The normalized spacial score (nSPS) is 19.7. The molecule has 3 heterocycles. The summed E-state index contributed by atoms with van der Waals surface area (Å²) in [5.41, 5.74) is 0.0158. The van der Waals surface area contributed by atoms with Gasteiger partial charge in [-0.3, -0.25) is 5.32 Å². The summed E-state index contributed by atoms with van der Waals surface area (Å²) in [7, 11) is 0. The number of fused-ring (bicyclic) bond motifs is 2. The molecule has 1 aromatic heterocycles. The summed E-state index contributed by atoms with van der Waals surface area (Å²) in [5, 5.41) is 13.4. The Morgan fingerprint density at radius 2 is 2.06 bits per heavy atom. The first-order chi connectivity index (χ1) is 16.2. The van der Waals surface area contributed by atoms with Crippen LogP contribution in [0.5, 0.6) is 5.75 Å². The zero-order valence-electron chi connectivity index (χ0n) is 17.9. The van der Waals surface area contributed by atoms with Crippen LogP contribution in [0.15, 0.2) is 36.4 Å². The molecule has 0 aliphatic carbocycles. The lowest BCUT2D eigenvalue weighted by molar-refractivity contribution is -0.137. The number of nitrogens with zero attached hydrogens (tertiary/aromatic N) is 2. The van der Waals surface area contributed by atoms with Gasteiger partial charge in [0.1, 0.15) is 11.4 Å². The van der Waals surface area contributed by atoms with Crippen molar-refractivity contribution in [2.75, 3.05) is 25.0 Å². The third kappa shape index (κ3) is 4.30. The van der Waals surface area contributed by atoms with E-state index in [1.165, 1.54) is 6.07 Å². The number of halogens is 4. The molecular formula is C23H21ClF3N3O3S. The molecular weight excluding hydrogens is 491 g/mol. The highest BCUT2D eigenvalue weighted by atomic mass is 35.5. The first-order valence-corrected chi connectivity index (χ1v) is 12.0. The fourth-order valence-electron chi connectivity index (χ4n) is 4.68. The van der Waals surface area contributed by atoms with Gasteiger partial charge in [-0.25, -0.2) is 9.78 Å². The van der Waals surface area contributed by atoms with Gasteiger partial charge in [-0.1, -0.05) is 35.1 Å². The molecule has 0 bridgehead atoms. The van der Waals surface area contributed by atoms with Gasteiger partial charge in [-0.05, 0) is 30.7 Å². The minimum Gasteiger partial charge on any atom is -0.485 e. The number of benzene rings is 2. The third-order valence-corrected chi connectivity index (χ3v) is 7.72. The molecule has 180 valence electrons. The van der Waals surface area contributed by atoms with Gasteiger partial charge in [0.05, 0.1) is 27.4 Å². The molecule has 2 N–H and O–H groups in total. The Bertz CT molecular complexity index is 1240. The first kappa shape index (κ1) is 23.2. The highest BCUT2D eigenvalue weighted by molar-refractivity contribution is 7.22. The van der Waals surface area contributed by atoms with Gasteiger partial charge in [-0.2, -0.15) is 13.2 Å².